The predicted molar refractivity (Wildman–Crippen MR) is 100 cm³/mol. The van der Waals surface area contributed by atoms with E-state index in [9.17, 15) is 4.79 Å². The Hall–Kier alpha value is -2.20. The van der Waals surface area contributed by atoms with E-state index < -0.39 is 0 Å². The van der Waals surface area contributed by atoms with Gasteiger partial charge in [0.1, 0.15) is 0 Å². The lowest BCUT2D eigenvalue weighted by Gasteiger charge is -2.41. The molecule has 4 nitrogen and oxygen atoms in total. The zero-order chi connectivity index (χ0) is 17.1. The summed E-state index contributed by atoms with van der Waals surface area (Å²) >= 11 is 6.11. The summed E-state index contributed by atoms with van der Waals surface area (Å²) in [7, 11) is 0. The number of anilines is 2. The number of benzene rings is 2. The van der Waals surface area contributed by atoms with Gasteiger partial charge in [-0.15, -0.1) is 0 Å². The summed E-state index contributed by atoms with van der Waals surface area (Å²) in [5.41, 5.74) is 3.11. The first-order chi connectivity index (χ1) is 11.5. The van der Waals surface area contributed by atoms with Crippen LogP contribution in [0.1, 0.15) is 12.5 Å². The van der Waals surface area contributed by atoms with Crippen molar-refractivity contribution in [2.24, 2.45) is 0 Å². The Kier molecular flexibility index (Phi) is 4.95. The Morgan fingerprint density at radius 2 is 1.83 bits per heavy atom. The topological polar surface area (TPSA) is 35.6 Å². The minimum Gasteiger partial charge on any atom is -0.365 e. The molecule has 1 aliphatic rings. The van der Waals surface area contributed by atoms with Crippen molar-refractivity contribution < 1.29 is 4.79 Å². The minimum atomic E-state index is -0.0986. The molecule has 0 bridgehead atoms. The predicted octanol–water partition coefficient (Wildman–Crippen LogP) is 4.39. The van der Waals surface area contributed by atoms with Crippen molar-refractivity contribution in [3.8, 4) is 0 Å². The van der Waals surface area contributed by atoms with Gasteiger partial charge in [-0.2, -0.15) is 0 Å². The fourth-order valence-corrected chi connectivity index (χ4v) is 3.20. The van der Waals surface area contributed by atoms with Gasteiger partial charge >= 0.3 is 6.03 Å². The summed E-state index contributed by atoms with van der Waals surface area (Å²) in [5, 5.41) is 3.45. The number of halogens is 1. The molecule has 126 valence electrons. The standard InChI is InChI=1S/C19H22ClN3O/c1-14-7-9-16(10-8-14)23-12-11-22(13-15(23)2)19(24)21-18-6-4-3-5-17(18)20/h3-10,15H,11-13H2,1-2H3,(H,21,24). The van der Waals surface area contributed by atoms with Gasteiger partial charge in [0, 0.05) is 31.4 Å². The number of amides is 2. The van der Waals surface area contributed by atoms with Gasteiger partial charge in [0.05, 0.1) is 10.7 Å². The summed E-state index contributed by atoms with van der Waals surface area (Å²) in [5.74, 6) is 0. The molecule has 1 heterocycles. The van der Waals surface area contributed by atoms with Gasteiger partial charge in [-0.3, -0.25) is 0 Å². The molecule has 1 saturated heterocycles. The van der Waals surface area contributed by atoms with Crippen LogP contribution < -0.4 is 10.2 Å². The van der Waals surface area contributed by atoms with Gasteiger partial charge in [0.2, 0.25) is 0 Å². The number of urea groups is 1. The molecule has 24 heavy (non-hydrogen) atoms. The van der Waals surface area contributed by atoms with Gasteiger partial charge in [-0.05, 0) is 38.1 Å². The molecule has 1 unspecified atom stereocenters. The second-order valence-corrected chi connectivity index (χ2v) is 6.64. The zero-order valence-corrected chi connectivity index (χ0v) is 14.8. The molecule has 1 aliphatic heterocycles. The van der Waals surface area contributed by atoms with Crippen LogP contribution in [0.4, 0.5) is 16.2 Å². The quantitative estimate of drug-likeness (QED) is 0.877. The fraction of sp³-hybridized carbons (Fsp3) is 0.316. The molecule has 2 aromatic carbocycles. The molecular formula is C19H22ClN3O. The highest BCUT2D eigenvalue weighted by Crippen LogP contribution is 2.23. The molecule has 5 heteroatoms. The largest absolute Gasteiger partial charge is 0.365 e. The van der Waals surface area contributed by atoms with E-state index in [4.69, 9.17) is 11.6 Å². The molecule has 0 aromatic heterocycles. The fourth-order valence-electron chi connectivity index (χ4n) is 3.02. The number of nitrogens with zero attached hydrogens (tertiary/aromatic N) is 2. The average Bonchev–Trinajstić information content (AvgIpc) is 2.58. The van der Waals surface area contributed by atoms with E-state index in [1.165, 1.54) is 11.3 Å². The van der Waals surface area contributed by atoms with Gasteiger partial charge in [0.25, 0.3) is 0 Å². The van der Waals surface area contributed by atoms with Crippen molar-refractivity contribution in [1.29, 1.82) is 0 Å². The highest BCUT2D eigenvalue weighted by atomic mass is 35.5. The second kappa shape index (κ2) is 7.14. The van der Waals surface area contributed by atoms with Crippen molar-refractivity contribution in [2.75, 3.05) is 29.9 Å². The second-order valence-electron chi connectivity index (χ2n) is 6.23. The van der Waals surface area contributed by atoms with Gasteiger partial charge in [0.15, 0.2) is 0 Å². The maximum absolute atomic E-state index is 12.5. The highest BCUT2D eigenvalue weighted by molar-refractivity contribution is 6.33. The Bertz CT molecular complexity index is 717. The number of rotatable bonds is 2. The number of aryl methyl sites for hydroxylation is 1. The lowest BCUT2D eigenvalue weighted by atomic mass is 10.1. The van der Waals surface area contributed by atoms with Crippen LogP contribution in [0.15, 0.2) is 48.5 Å². The monoisotopic (exact) mass is 343 g/mol. The maximum atomic E-state index is 12.5. The van der Waals surface area contributed by atoms with Crippen LogP contribution in [-0.4, -0.2) is 36.6 Å². The third-order valence-corrected chi connectivity index (χ3v) is 4.73. The van der Waals surface area contributed by atoms with Gasteiger partial charge in [-0.1, -0.05) is 41.4 Å². The molecule has 0 spiro atoms. The normalized spacial score (nSPS) is 17.7. The summed E-state index contributed by atoms with van der Waals surface area (Å²) < 4.78 is 0. The van der Waals surface area contributed by atoms with E-state index in [-0.39, 0.29) is 12.1 Å². The Morgan fingerprint density at radius 3 is 2.50 bits per heavy atom. The van der Waals surface area contributed by atoms with E-state index in [2.05, 4.69) is 48.3 Å². The molecule has 0 radical (unpaired) electrons. The first kappa shape index (κ1) is 16.7. The molecule has 1 N–H and O–H groups in total. The van der Waals surface area contributed by atoms with E-state index in [0.717, 1.165) is 6.54 Å². The van der Waals surface area contributed by atoms with E-state index in [0.29, 0.717) is 23.8 Å². The number of hydrogen-bond donors (Lipinski definition) is 1. The lowest BCUT2D eigenvalue weighted by Crippen LogP contribution is -2.54. The molecule has 0 saturated carbocycles. The van der Waals surface area contributed by atoms with Crippen LogP contribution in [0.2, 0.25) is 5.02 Å². The number of carbonyl (C=O) groups is 1. The molecule has 2 aromatic rings. The van der Waals surface area contributed by atoms with Crippen LogP contribution >= 0.6 is 11.6 Å². The molecule has 1 atom stereocenters. The van der Waals surface area contributed by atoms with Crippen molar-refractivity contribution in [3.05, 3.63) is 59.1 Å². The van der Waals surface area contributed by atoms with Crippen LogP contribution in [0.5, 0.6) is 0 Å². The first-order valence-electron chi connectivity index (χ1n) is 8.18. The molecular weight excluding hydrogens is 322 g/mol. The SMILES string of the molecule is Cc1ccc(N2CCN(C(=O)Nc3ccccc3Cl)CC2C)cc1. The lowest BCUT2D eigenvalue weighted by molar-refractivity contribution is 0.200. The Labute approximate surface area is 148 Å². The number of nitrogens with one attached hydrogen (secondary N) is 1. The van der Waals surface area contributed by atoms with Gasteiger partial charge < -0.3 is 15.1 Å². The van der Waals surface area contributed by atoms with E-state index in [1.54, 1.807) is 6.07 Å². The maximum Gasteiger partial charge on any atom is 0.322 e. The summed E-state index contributed by atoms with van der Waals surface area (Å²) in [6, 6.07) is 16.0. The zero-order valence-electron chi connectivity index (χ0n) is 14.0. The molecule has 2 amide bonds. The first-order valence-corrected chi connectivity index (χ1v) is 8.56. The smallest absolute Gasteiger partial charge is 0.322 e. The third kappa shape index (κ3) is 3.65. The van der Waals surface area contributed by atoms with Crippen LogP contribution in [0.25, 0.3) is 0 Å². The summed E-state index contributed by atoms with van der Waals surface area (Å²) in [6.07, 6.45) is 0. The highest BCUT2D eigenvalue weighted by Gasteiger charge is 2.27. The van der Waals surface area contributed by atoms with Gasteiger partial charge in [-0.25, -0.2) is 4.79 Å². The van der Waals surface area contributed by atoms with E-state index >= 15 is 0 Å². The average molecular weight is 344 g/mol. The van der Waals surface area contributed by atoms with Crippen molar-refractivity contribution >= 4 is 29.0 Å². The van der Waals surface area contributed by atoms with Crippen LogP contribution in [-0.2, 0) is 0 Å². The number of hydrogen-bond acceptors (Lipinski definition) is 2. The minimum absolute atomic E-state index is 0.0986. The van der Waals surface area contributed by atoms with Crippen molar-refractivity contribution in [2.45, 2.75) is 19.9 Å². The van der Waals surface area contributed by atoms with Crippen LogP contribution in [0.3, 0.4) is 0 Å². The number of piperazine rings is 1. The van der Waals surface area contributed by atoms with Crippen molar-refractivity contribution in [3.63, 3.8) is 0 Å². The number of carbonyl (C=O) groups excluding carboxylic acids is 1. The molecule has 0 aliphatic carbocycles. The number of para-hydroxylation sites is 1. The Balaban J connectivity index is 1.63. The third-order valence-electron chi connectivity index (χ3n) is 4.40. The Morgan fingerprint density at radius 1 is 1.12 bits per heavy atom. The molecule has 1 fully saturated rings. The van der Waals surface area contributed by atoms with Crippen molar-refractivity contribution in [1.82, 2.24) is 4.90 Å². The summed E-state index contributed by atoms with van der Waals surface area (Å²) in [6.45, 7) is 6.43. The van der Waals surface area contributed by atoms with E-state index in [1.807, 2.05) is 23.1 Å². The van der Waals surface area contributed by atoms with Crippen LogP contribution in [0, 0.1) is 6.92 Å². The molecule has 3 rings (SSSR count). The summed E-state index contributed by atoms with van der Waals surface area (Å²) in [4.78, 5) is 16.7.